The molecule has 2 unspecified atom stereocenters. The van der Waals surface area contributed by atoms with E-state index in [2.05, 4.69) is 55.3 Å². The van der Waals surface area contributed by atoms with Crippen LogP contribution in [0.4, 0.5) is 0 Å². The fourth-order valence-corrected chi connectivity index (χ4v) is 7.06. The van der Waals surface area contributed by atoms with E-state index >= 15 is 0 Å². The molecule has 0 aromatic rings. The van der Waals surface area contributed by atoms with Gasteiger partial charge in [-0.3, -0.25) is 9.59 Å². The normalized spacial score (nSPS) is 13.0. The fraction of sp³-hybridized carbons (Fsp3) is 0.875. The molecule has 0 aliphatic carbocycles. The smallest absolute Gasteiger partial charge is 0.308 e. The number of hydrogen-bond acceptors (Lipinski definition) is 7. The molecule has 0 rings (SSSR count). The second-order valence-corrected chi connectivity index (χ2v) is 16.1. The van der Waals surface area contributed by atoms with Gasteiger partial charge in [0.2, 0.25) is 0 Å². The Kier molecular flexibility index (Phi) is 42.1. The van der Waals surface area contributed by atoms with Gasteiger partial charge in [0.25, 0.3) is 0 Å². The predicted octanol–water partition coefficient (Wildman–Crippen LogP) is 12.4. The molecule has 0 aromatic carbocycles. The van der Waals surface area contributed by atoms with E-state index in [1.807, 2.05) is 7.05 Å². The highest BCUT2D eigenvalue weighted by Crippen LogP contribution is 2.21. The van der Waals surface area contributed by atoms with Gasteiger partial charge < -0.3 is 24.8 Å². The lowest BCUT2D eigenvalue weighted by atomic mass is 9.94. The number of nitrogens with one attached hydrogen (secondary N) is 1. The van der Waals surface area contributed by atoms with Crippen LogP contribution in [0.15, 0.2) is 24.3 Å². The van der Waals surface area contributed by atoms with E-state index in [1.54, 1.807) is 0 Å². The molecule has 324 valence electrons. The van der Waals surface area contributed by atoms with E-state index in [1.165, 1.54) is 96.3 Å². The van der Waals surface area contributed by atoms with E-state index in [9.17, 15) is 14.7 Å². The minimum atomic E-state index is -0.0724. The lowest BCUT2D eigenvalue weighted by molar-refractivity contribution is -0.149. The van der Waals surface area contributed by atoms with E-state index in [4.69, 9.17) is 9.47 Å². The second-order valence-electron chi connectivity index (χ2n) is 16.1. The minimum absolute atomic E-state index is 0.0329. The Morgan fingerprint density at radius 1 is 0.582 bits per heavy atom. The molecule has 0 spiro atoms. The van der Waals surface area contributed by atoms with Gasteiger partial charge >= 0.3 is 11.9 Å². The number of esters is 2. The Bertz CT molecular complexity index is 878. The monoisotopic (exact) mass is 777 g/mol. The van der Waals surface area contributed by atoms with Crippen LogP contribution in [0, 0.1) is 5.92 Å². The van der Waals surface area contributed by atoms with Gasteiger partial charge in [-0.1, -0.05) is 161 Å². The highest BCUT2D eigenvalue weighted by Gasteiger charge is 2.19. The van der Waals surface area contributed by atoms with Crippen molar-refractivity contribution in [1.82, 2.24) is 10.2 Å². The van der Waals surface area contributed by atoms with Crippen LogP contribution in [0.5, 0.6) is 0 Å². The summed E-state index contributed by atoms with van der Waals surface area (Å²) < 4.78 is 11.5. The average molecular weight is 777 g/mol. The highest BCUT2D eigenvalue weighted by atomic mass is 16.5. The van der Waals surface area contributed by atoms with Crippen molar-refractivity contribution in [3.63, 3.8) is 0 Å². The number of aliphatic hydroxyl groups is 1. The Hall–Kier alpha value is -1.70. The van der Waals surface area contributed by atoms with Crippen molar-refractivity contribution < 1.29 is 24.2 Å². The van der Waals surface area contributed by atoms with Gasteiger partial charge in [-0.05, 0) is 77.7 Å². The largest absolute Gasteiger partial charge is 0.466 e. The molecule has 0 saturated carbocycles. The predicted molar refractivity (Wildman–Crippen MR) is 236 cm³/mol. The van der Waals surface area contributed by atoms with Crippen LogP contribution in [0.1, 0.15) is 213 Å². The number of likely N-dealkylation sites (N-methyl/N-ethyl adjacent to an activating group) is 1. The molecule has 0 heterocycles. The van der Waals surface area contributed by atoms with E-state index in [0.29, 0.717) is 32.2 Å². The van der Waals surface area contributed by atoms with Gasteiger partial charge in [-0.15, -0.1) is 0 Å². The number of ether oxygens (including phenoxy) is 2. The summed E-state index contributed by atoms with van der Waals surface area (Å²) in [4.78, 5) is 27.5. The molecule has 0 saturated heterocycles. The molecule has 0 aliphatic rings. The zero-order valence-electron chi connectivity index (χ0n) is 36.9. The van der Waals surface area contributed by atoms with Crippen LogP contribution in [0.2, 0.25) is 0 Å². The van der Waals surface area contributed by atoms with Crippen LogP contribution in [0.3, 0.4) is 0 Å². The first kappa shape index (κ1) is 53.3. The summed E-state index contributed by atoms with van der Waals surface area (Å²) >= 11 is 0. The van der Waals surface area contributed by atoms with Crippen molar-refractivity contribution in [1.29, 1.82) is 0 Å². The lowest BCUT2D eigenvalue weighted by Crippen LogP contribution is -2.37. The zero-order chi connectivity index (χ0) is 40.3. The van der Waals surface area contributed by atoms with Crippen LogP contribution in [-0.2, 0) is 19.1 Å². The Labute approximate surface area is 341 Å². The van der Waals surface area contributed by atoms with Crippen molar-refractivity contribution >= 4 is 11.9 Å². The Balaban J connectivity index is 4.31. The van der Waals surface area contributed by atoms with Gasteiger partial charge in [0.05, 0.1) is 25.7 Å². The quantitative estimate of drug-likeness (QED) is 0.0362. The van der Waals surface area contributed by atoms with Crippen molar-refractivity contribution in [2.24, 2.45) is 5.92 Å². The van der Waals surface area contributed by atoms with Gasteiger partial charge in [0.15, 0.2) is 0 Å². The molecule has 0 amide bonds. The molecule has 0 radical (unpaired) electrons. The first-order valence-corrected chi connectivity index (χ1v) is 23.6. The number of carbonyl (C=O) groups is 2. The van der Waals surface area contributed by atoms with Crippen LogP contribution in [-0.4, -0.2) is 74.5 Å². The summed E-state index contributed by atoms with van der Waals surface area (Å²) in [7, 11) is 2.03. The van der Waals surface area contributed by atoms with Gasteiger partial charge in [-0.2, -0.15) is 0 Å². The standard InChI is InChI=1S/C48H92N2O5/c1-5-8-11-14-16-17-18-19-20-21-22-23-24-26-32-37-47(52)54-44-38-46(49-39-40-50(4)41-42-51)36-31-27-28-33-43-55-48(53)45(34-29-13-10-7-3)35-30-25-15-12-9-6-2/h16-17,19-20,45-46,49,51H,5-15,18,21-44H2,1-4H3/b17-16-,20-19-. The third kappa shape index (κ3) is 38.9. The van der Waals surface area contributed by atoms with E-state index in [-0.39, 0.29) is 24.5 Å². The van der Waals surface area contributed by atoms with E-state index in [0.717, 1.165) is 103 Å². The minimum Gasteiger partial charge on any atom is -0.466 e. The number of carbonyl (C=O) groups excluding carboxylic acids is 2. The summed E-state index contributed by atoms with van der Waals surface area (Å²) in [6, 6.07) is 0.291. The van der Waals surface area contributed by atoms with Crippen LogP contribution in [0.25, 0.3) is 0 Å². The average Bonchev–Trinajstić information content (AvgIpc) is 3.17. The SMILES string of the molecule is CCCCC/C=C\C/C=C\CCCCCCCC(=O)OCCC(CCCCCCOC(=O)C(CCCCCC)CCCCCCCC)NCCN(C)CCO. The molecule has 2 atom stereocenters. The number of hydrogen-bond donors (Lipinski definition) is 2. The number of unbranched alkanes of at least 4 members (excludes halogenated alkanes) is 19. The molecule has 55 heavy (non-hydrogen) atoms. The van der Waals surface area contributed by atoms with Crippen molar-refractivity contribution in [2.75, 3.05) is 46.5 Å². The van der Waals surface area contributed by atoms with Crippen LogP contribution < -0.4 is 5.32 Å². The molecule has 7 heteroatoms. The third-order valence-corrected chi connectivity index (χ3v) is 10.8. The number of rotatable bonds is 43. The number of aliphatic hydroxyl groups excluding tert-OH is 1. The van der Waals surface area contributed by atoms with Gasteiger partial charge in [0.1, 0.15) is 0 Å². The highest BCUT2D eigenvalue weighted by molar-refractivity contribution is 5.72. The van der Waals surface area contributed by atoms with Crippen molar-refractivity contribution in [3.05, 3.63) is 24.3 Å². The molecule has 7 nitrogen and oxygen atoms in total. The number of nitrogens with zero attached hydrogens (tertiary/aromatic N) is 1. The first-order chi connectivity index (χ1) is 27.0. The summed E-state index contributed by atoms with van der Waals surface area (Å²) in [5.41, 5.74) is 0. The second kappa shape index (κ2) is 43.4. The topological polar surface area (TPSA) is 88.1 Å². The van der Waals surface area contributed by atoms with Gasteiger partial charge in [-0.25, -0.2) is 0 Å². The maximum Gasteiger partial charge on any atom is 0.308 e. The molecule has 0 bridgehead atoms. The third-order valence-electron chi connectivity index (χ3n) is 10.8. The Morgan fingerprint density at radius 3 is 1.76 bits per heavy atom. The molecule has 0 aromatic heterocycles. The fourth-order valence-electron chi connectivity index (χ4n) is 7.06. The molecule has 0 fully saturated rings. The van der Waals surface area contributed by atoms with Crippen molar-refractivity contribution in [3.8, 4) is 0 Å². The molecular weight excluding hydrogens is 685 g/mol. The molecule has 0 aliphatic heterocycles. The van der Waals surface area contributed by atoms with Gasteiger partial charge in [0, 0.05) is 32.1 Å². The summed E-state index contributed by atoms with van der Waals surface area (Å²) in [6.45, 7) is 10.3. The lowest BCUT2D eigenvalue weighted by Gasteiger charge is -2.21. The summed E-state index contributed by atoms with van der Waals surface area (Å²) in [6.07, 6.45) is 43.0. The maximum atomic E-state index is 13.0. The first-order valence-electron chi connectivity index (χ1n) is 23.6. The molecular formula is C48H92N2O5. The van der Waals surface area contributed by atoms with Crippen molar-refractivity contribution in [2.45, 2.75) is 219 Å². The number of allylic oxidation sites excluding steroid dienone is 4. The summed E-state index contributed by atoms with van der Waals surface area (Å²) in [5, 5.41) is 12.9. The van der Waals surface area contributed by atoms with Crippen LogP contribution >= 0.6 is 0 Å². The summed E-state index contributed by atoms with van der Waals surface area (Å²) in [5.74, 6) is 0.0305. The van der Waals surface area contributed by atoms with E-state index < -0.39 is 0 Å². The zero-order valence-corrected chi connectivity index (χ0v) is 36.9. The maximum absolute atomic E-state index is 13.0. The molecule has 2 N–H and O–H groups in total. The Morgan fingerprint density at radius 2 is 1.11 bits per heavy atom.